The number of esters is 1. The van der Waals surface area contributed by atoms with E-state index in [0.717, 1.165) is 16.8 Å². The molecule has 0 aliphatic carbocycles. The van der Waals surface area contributed by atoms with E-state index in [4.69, 9.17) is 18.9 Å². The third kappa shape index (κ3) is 3.51. The molecule has 3 aromatic rings. The van der Waals surface area contributed by atoms with Crippen molar-refractivity contribution in [2.45, 2.75) is 6.42 Å². The quantitative estimate of drug-likeness (QED) is 0.556. The standard InChI is InChI=1S/C25H23NO6/c1-29-21-13-18(14-22(30-2)23(21)31-3)24(27)26-19-8-6-5-7-15(19)11-16-9-10-17(12-20(16)26)25(28)32-4/h5-10,12-14H,11H2,1-4H3. The molecule has 1 aliphatic heterocycles. The largest absolute Gasteiger partial charge is 0.493 e. The SMILES string of the molecule is COC(=O)c1ccc2c(c1)N(C(=O)c1cc(OC)c(OC)c(OC)c1)c1ccccc1C2. The van der Waals surface area contributed by atoms with E-state index in [1.807, 2.05) is 30.3 Å². The summed E-state index contributed by atoms with van der Waals surface area (Å²) in [4.78, 5) is 27.6. The fourth-order valence-electron chi connectivity index (χ4n) is 3.93. The fourth-order valence-corrected chi connectivity index (χ4v) is 3.93. The molecule has 32 heavy (non-hydrogen) atoms. The van der Waals surface area contributed by atoms with Crippen molar-refractivity contribution >= 4 is 23.3 Å². The second-order valence-electron chi connectivity index (χ2n) is 7.20. The third-order valence-corrected chi connectivity index (χ3v) is 5.48. The predicted molar refractivity (Wildman–Crippen MR) is 120 cm³/mol. The first kappa shape index (κ1) is 21.2. The number of methoxy groups -OCH3 is 4. The summed E-state index contributed by atoms with van der Waals surface area (Å²) in [5.74, 6) is 0.401. The molecule has 164 valence electrons. The van der Waals surface area contributed by atoms with E-state index in [1.54, 1.807) is 29.2 Å². The lowest BCUT2D eigenvalue weighted by Crippen LogP contribution is -2.30. The first-order valence-corrected chi connectivity index (χ1v) is 9.96. The van der Waals surface area contributed by atoms with E-state index >= 15 is 0 Å². The Kier molecular flexibility index (Phi) is 5.73. The van der Waals surface area contributed by atoms with E-state index in [1.165, 1.54) is 28.4 Å². The summed E-state index contributed by atoms with van der Waals surface area (Å²) in [6.45, 7) is 0. The van der Waals surface area contributed by atoms with Crippen molar-refractivity contribution in [1.29, 1.82) is 0 Å². The summed E-state index contributed by atoms with van der Waals surface area (Å²) in [7, 11) is 5.84. The van der Waals surface area contributed by atoms with Gasteiger partial charge in [-0.05, 0) is 41.5 Å². The van der Waals surface area contributed by atoms with Crippen molar-refractivity contribution in [1.82, 2.24) is 0 Å². The number of carbonyl (C=O) groups is 2. The van der Waals surface area contributed by atoms with E-state index in [2.05, 4.69) is 0 Å². The Morgan fingerprint density at radius 2 is 1.41 bits per heavy atom. The summed E-state index contributed by atoms with van der Waals surface area (Å²) in [6, 6.07) is 16.2. The number of anilines is 2. The first-order chi connectivity index (χ1) is 15.5. The molecular formula is C25H23NO6. The highest BCUT2D eigenvalue weighted by Gasteiger charge is 2.30. The molecule has 0 atom stereocenters. The van der Waals surface area contributed by atoms with Crippen LogP contribution in [0.1, 0.15) is 31.8 Å². The minimum atomic E-state index is -0.466. The summed E-state index contributed by atoms with van der Waals surface area (Å²) in [5.41, 5.74) is 4.04. The van der Waals surface area contributed by atoms with Crippen LogP contribution >= 0.6 is 0 Å². The van der Waals surface area contributed by atoms with Gasteiger partial charge in [-0.2, -0.15) is 0 Å². The van der Waals surface area contributed by atoms with Crippen LogP contribution in [0.25, 0.3) is 0 Å². The average Bonchev–Trinajstić information content (AvgIpc) is 2.84. The van der Waals surface area contributed by atoms with Gasteiger partial charge in [0.1, 0.15) is 0 Å². The highest BCUT2D eigenvalue weighted by atomic mass is 16.5. The van der Waals surface area contributed by atoms with Crippen molar-refractivity contribution in [2.24, 2.45) is 0 Å². The molecule has 0 fully saturated rings. The Morgan fingerprint density at radius 1 is 0.750 bits per heavy atom. The van der Waals surface area contributed by atoms with Gasteiger partial charge in [-0.3, -0.25) is 9.69 Å². The molecule has 0 aromatic heterocycles. The van der Waals surface area contributed by atoms with Crippen LogP contribution in [0.4, 0.5) is 11.4 Å². The highest BCUT2D eigenvalue weighted by molar-refractivity contribution is 6.13. The lowest BCUT2D eigenvalue weighted by Gasteiger charge is -2.32. The maximum absolute atomic E-state index is 13.9. The molecule has 0 bridgehead atoms. The van der Waals surface area contributed by atoms with Crippen LogP contribution in [0, 0.1) is 0 Å². The zero-order valence-corrected chi connectivity index (χ0v) is 18.3. The first-order valence-electron chi connectivity index (χ1n) is 9.96. The summed E-state index contributed by atoms with van der Waals surface area (Å²) < 4.78 is 21.1. The van der Waals surface area contributed by atoms with Gasteiger partial charge in [-0.15, -0.1) is 0 Å². The average molecular weight is 433 g/mol. The van der Waals surface area contributed by atoms with Crippen LogP contribution in [0.15, 0.2) is 54.6 Å². The molecule has 0 spiro atoms. The molecule has 0 saturated carbocycles. The zero-order chi connectivity index (χ0) is 22.8. The number of hydrogen-bond acceptors (Lipinski definition) is 6. The van der Waals surface area contributed by atoms with Crippen molar-refractivity contribution < 1.29 is 28.5 Å². The smallest absolute Gasteiger partial charge is 0.337 e. The van der Waals surface area contributed by atoms with E-state index in [9.17, 15) is 9.59 Å². The number of benzene rings is 3. The van der Waals surface area contributed by atoms with Crippen LogP contribution in [0.2, 0.25) is 0 Å². The number of hydrogen-bond donors (Lipinski definition) is 0. The van der Waals surface area contributed by atoms with Crippen molar-refractivity contribution in [3.63, 3.8) is 0 Å². The molecule has 1 heterocycles. The summed E-state index contributed by atoms with van der Waals surface area (Å²) in [6.07, 6.45) is 0.645. The summed E-state index contributed by atoms with van der Waals surface area (Å²) in [5, 5.41) is 0. The van der Waals surface area contributed by atoms with Crippen LogP contribution in [0.3, 0.4) is 0 Å². The number of nitrogens with zero attached hydrogens (tertiary/aromatic N) is 1. The van der Waals surface area contributed by atoms with Gasteiger partial charge in [-0.25, -0.2) is 4.79 Å². The Hall–Kier alpha value is -4.00. The lowest BCUT2D eigenvalue weighted by molar-refractivity contribution is 0.0600. The molecule has 0 saturated heterocycles. The van der Waals surface area contributed by atoms with Crippen LogP contribution in [0.5, 0.6) is 17.2 Å². The third-order valence-electron chi connectivity index (χ3n) is 5.48. The van der Waals surface area contributed by atoms with Crippen molar-refractivity contribution in [3.05, 3.63) is 76.9 Å². The number of ether oxygens (including phenoxy) is 4. The van der Waals surface area contributed by atoms with Gasteiger partial charge in [0.2, 0.25) is 5.75 Å². The van der Waals surface area contributed by atoms with Crippen molar-refractivity contribution in [3.8, 4) is 17.2 Å². The van der Waals surface area contributed by atoms with Gasteiger partial charge >= 0.3 is 5.97 Å². The number of para-hydroxylation sites is 1. The monoisotopic (exact) mass is 433 g/mol. The zero-order valence-electron chi connectivity index (χ0n) is 18.3. The van der Waals surface area contributed by atoms with Crippen LogP contribution < -0.4 is 19.1 Å². The van der Waals surface area contributed by atoms with Gasteiger partial charge < -0.3 is 18.9 Å². The van der Waals surface area contributed by atoms with Gasteiger partial charge in [0, 0.05) is 12.0 Å². The maximum atomic E-state index is 13.9. The number of rotatable bonds is 5. The van der Waals surface area contributed by atoms with Gasteiger partial charge in [-0.1, -0.05) is 24.3 Å². The predicted octanol–water partition coefficient (Wildman–Crippen LogP) is 4.38. The molecular weight excluding hydrogens is 410 g/mol. The second-order valence-corrected chi connectivity index (χ2v) is 7.20. The normalized spacial score (nSPS) is 11.8. The van der Waals surface area contributed by atoms with E-state index in [0.29, 0.717) is 40.5 Å². The van der Waals surface area contributed by atoms with Crippen molar-refractivity contribution in [2.75, 3.05) is 33.3 Å². The molecule has 1 amide bonds. The highest BCUT2D eigenvalue weighted by Crippen LogP contribution is 2.43. The molecule has 1 aliphatic rings. The van der Waals surface area contributed by atoms with Gasteiger partial charge in [0.25, 0.3) is 5.91 Å². The Bertz CT molecular complexity index is 1180. The minimum absolute atomic E-state index is 0.292. The topological polar surface area (TPSA) is 74.3 Å². The number of carbonyl (C=O) groups excluding carboxylic acids is 2. The molecule has 0 N–H and O–H groups in total. The van der Waals surface area contributed by atoms with E-state index in [-0.39, 0.29) is 5.91 Å². The maximum Gasteiger partial charge on any atom is 0.337 e. The molecule has 0 unspecified atom stereocenters. The minimum Gasteiger partial charge on any atom is -0.493 e. The molecule has 7 heteroatoms. The Labute approximate surface area is 186 Å². The second kappa shape index (κ2) is 8.63. The van der Waals surface area contributed by atoms with Crippen LogP contribution in [-0.4, -0.2) is 40.3 Å². The molecule has 4 rings (SSSR count). The number of fused-ring (bicyclic) bond motifs is 2. The number of amides is 1. The summed E-state index contributed by atoms with van der Waals surface area (Å²) >= 11 is 0. The Balaban J connectivity index is 1.90. The lowest BCUT2D eigenvalue weighted by atomic mass is 9.93. The molecule has 0 radical (unpaired) electrons. The fraction of sp³-hybridized carbons (Fsp3) is 0.200. The van der Waals surface area contributed by atoms with Gasteiger partial charge in [0.15, 0.2) is 11.5 Å². The van der Waals surface area contributed by atoms with Crippen LogP contribution in [-0.2, 0) is 11.2 Å². The molecule has 7 nitrogen and oxygen atoms in total. The van der Waals surface area contributed by atoms with E-state index < -0.39 is 5.97 Å². The van der Waals surface area contributed by atoms with Gasteiger partial charge in [0.05, 0.1) is 45.4 Å². The molecule has 3 aromatic carbocycles. The Morgan fingerprint density at radius 3 is 2.03 bits per heavy atom.